The average molecular weight is 415 g/mol. The standard InChI is InChI=1S/C16H18N2.C6H6O3S.H2O/c1-13-12-15(10-11-17-13)5-4-14-6-8-16(9-7-14)18(2)3;7-10(8,9)6-4-2-1-3-5-6;/h4-12H,1-3H3;1-5H,(H,7,8,9);1H2. The fourth-order valence-electron chi connectivity index (χ4n) is 2.34. The smallest absolute Gasteiger partial charge is 0.294 e. The Balaban J connectivity index is 0.000000327. The van der Waals surface area contributed by atoms with Crippen LogP contribution in [0.4, 0.5) is 5.69 Å². The molecule has 0 saturated heterocycles. The summed E-state index contributed by atoms with van der Waals surface area (Å²) in [5.74, 6) is 0. The predicted molar refractivity (Wildman–Crippen MR) is 119 cm³/mol. The van der Waals surface area contributed by atoms with Crippen molar-refractivity contribution in [1.29, 1.82) is 0 Å². The summed E-state index contributed by atoms with van der Waals surface area (Å²) < 4.78 is 29.2. The summed E-state index contributed by atoms with van der Waals surface area (Å²) in [6, 6.07) is 20.0. The van der Waals surface area contributed by atoms with Crippen LogP contribution in [0, 0.1) is 6.92 Å². The van der Waals surface area contributed by atoms with Gasteiger partial charge in [-0.15, -0.1) is 0 Å². The molecule has 3 aromatic rings. The third-order valence-electron chi connectivity index (χ3n) is 3.84. The van der Waals surface area contributed by atoms with Gasteiger partial charge in [0.15, 0.2) is 0 Å². The lowest BCUT2D eigenvalue weighted by atomic mass is 10.1. The summed E-state index contributed by atoms with van der Waals surface area (Å²) in [6.07, 6.45) is 6.07. The molecule has 0 aliphatic carbocycles. The maximum Gasteiger partial charge on any atom is 0.294 e. The van der Waals surface area contributed by atoms with Gasteiger partial charge in [-0.25, -0.2) is 0 Å². The van der Waals surface area contributed by atoms with Crippen molar-refractivity contribution >= 4 is 28.0 Å². The van der Waals surface area contributed by atoms with Crippen molar-refractivity contribution in [3.05, 3.63) is 89.7 Å². The summed E-state index contributed by atoms with van der Waals surface area (Å²) in [5.41, 5.74) is 4.64. The highest BCUT2D eigenvalue weighted by Crippen LogP contribution is 2.14. The van der Waals surface area contributed by atoms with Gasteiger partial charge in [-0.2, -0.15) is 8.42 Å². The molecule has 0 radical (unpaired) electrons. The van der Waals surface area contributed by atoms with E-state index in [-0.39, 0.29) is 10.4 Å². The Hall–Kier alpha value is -3.00. The second-order valence-corrected chi connectivity index (χ2v) is 7.76. The molecule has 0 bridgehead atoms. The van der Waals surface area contributed by atoms with Gasteiger partial charge in [0.05, 0.1) is 4.90 Å². The summed E-state index contributed by atoms with van der Waals surface area (Å²) in [7, 11) is 0.0896. The zero-order valence-electron chi connectivity index (χ0n) is 16.6. The first-order valence-corrected chi connectivity index (χ1v) is 10.1. The minimum atomic E-state index is -4.00. The second kappa shape index (κ2) is 11.1. The number of hydrogen-bond donors (Lipinski definition) is 1. The van der Waals surface area contributed by atoms with Gasteiger partial charge in [-0.05, 0) is 54.4 Å². The van der Waals surface area contributed by atoms with E-state index in [1.54, 1.807) is 18.2 Å². The van der Waals surface area contributed by atoms with Gasteiger partial charge >= 0.3 is 0 Å². The molecule has 0 amide bonds. The molecule has 3 N–H and O–H groups in total. The van der Waals surface area contributed by atoms with Crippen LogP contribution < -0.4 is 4.90 Å². The van der Waals surface area contributed by atoms with Crippen molar-refractivity contribution in [2.24, 2.45) is 0 Å². The third kappa shape index (κ3) is 8.27. The molecule has 3 rings (SSSR count). The molecule has 1 aromatic heterocycles. The van der Waals surface area contributed by atoms with Crippen LogP contribution in [0.3, 0.4) is 0 Å². The van der Waals surface area contributed by atoms with Crippen LogP contribution in [0.2, 0.25) is 0 Å². The largest absolute Gasteiger partial charge is 0.412 e. The number of hydrogen-bond acceptors (Lipinski definition) is 4. The van der Waals surface area contributed by atoms with Crippen LogP contribution in [0.15, 0.2) is 77.8 Å². The minimum Gasteiger partial charge on any atom is -0.412 e. The molecular weight excluding hydrogens is 388 g/mol. The Morgan fingerprint density at radius 1 is 0.897 bits per heavy atom. The van der Waals surface area contributed by atoms with E-state index in [0.29, 0.717) is 0 Å². The maximum atomic E-state index is 10.4. The number of benzene rings is 2. The first kappa shape index (κ1) is 24.0. The van der Waals surface area contributed by atoms with E-state index in [1.807, 2.05) is 33.3 Å². The normalized spacial score (nSPS) is 10.6. The van der Waals surface area contributed by atoms with E-state index in [2.05, 4.69) is 52.4 Å². The van der Waals surface area contributed by atoms with Crippen LogP contribution >= 0.6 is 0 Å². The molecule has 154 valence electrons. The molecule has 0 atom stereocenters. The minimum absolute atomic E-state index is 0. The molecule has 29 heavy (non-hydrogen) atoms. The first-order valence-electron chi connectivity index (χ1n) is 8.66. The van der Waals surface area contributed by atoms with Gasteiger partial charge in [0.2, 0.25) is 0 Å². The van der Waals surface area contributed by atoms with Crippen molar-refractivity contribution in [3.8, 4) is 0 Å². The van der Waals surface area contributed by atoms with E-state index in [1.165, 1.54) is 28.9 Å². The zero-order chi connectivity index (χ0) is 20.6. The lowest BCUT2D eigenvalue weighted by molar-refractivity contribution is 0.483. The molecule has 6 nitrogen and oxygen atoms in total. The Morgan fingerprint density at radius 2 is 1.48 bits per heavy atom. The van der Waals surface area contributed by atoms with Crippen LogP contribution in [0.5, 0.6) is 0 Å². The van der Waals surface area contributed by atoms with E-state index in [0.717, 1.165) is 5.69 Å². The van der Waals surface area contributed by atoms with Crippen molar-refractivity contribution in [2.45, 2.75) is 11.8 Å². The topological polar surface area (TPSA) is 102 Å². The Labute approximate surface area is 172 Å². The molecule has 0 unspecified atom stereocenters. The van der Waals surface area contributed by atoms with Crippen LogP contribution in [0.25, 0.3) is 12.2 Å². The highest BCUT2D eigenvalue weighted by molar-refractivity contribution is 7.85. The highest BCUT2D eigenvalue weighted by atomic mass is 32.2. The van der Waals surface area contributed by atoms with Crippen molar-refractivity contribution < 1.29 is 18.4 Å². The van der Waals surface area contributed by atoms with Gasteiger partial charge < -0.3 is 10.4 Å². The molecule has 0 fully saturated rings. The second-order valence-electron chi connectivity index (χ2n) is 6.34. The lowest BCUT2D eigenvalue weighted by Gasteiger charge is -2.11. The Bertz CT molecular complexity index is 1020. The highest BCUT2D eigenvalue weighted by Gasteiger charge is 2.05. The average Bonchev–Trinajstić information content (AvgIpc) is 2.67. The molecule has 0 saturated carbocycles. The van der Waals surface area contributed by atoms with Crippen molar-refractivity contribution in [1.82, 2.24) is 4.98 Å². The van der Waals surface area contributed by atoms with Crippen molar-refractivity contribution in [3.63, 3.8) is 0 Å². The van der Waals surface area contributed by atoms with Crippen LogP contribution in [-0.4, -0.2) is 37.5 Å². The molecular formula is C22H26N2O4S. The van der Waals surface area contributed by atoms with Crippen LogP contribution in [-0.2, 0) is 10.1 Å². The monoisotopic (exact) mass is 414 g/mol. The van der Waals surface area contributed by atoms with E-state index in [9.17, 15) is 8.42 Å². The molecule has 0 aliphatic heterocycles. The quantitative estimate of drug-likeness (QED) is 0.655. The molecule has 2 aromatic carbocycles. The van der Waals surface area contributed by atoms with Crippen molar-refractivity contribution in [2.75, 3.05) is 19.0 Å². The Morgan fingerprint density at radius 3 is 1.97 bits per heavy atom. The maximum absolute atomic E-state index is 10.4. The number of aryl methyl sites for hydroxylation is 1. The summed E-state index contributed by atoms with van der Waals surface area (Å²) in [5, 5.41) is 0. The van der Waals surface area contributed by atoms with E-state index in [4.69, 9.17) is 4.55 Å². The van der Waals surface area contributed by atoms with Gasteiger partial charge in [0, 0.05) is 31.7 Å². The van der Waals surface area contributed by atoms with Gasteiger partial charge in [-0.3, -0.25) is 9.54 Å². The van der Waals surface area contributed by atoms with E-state index >= 15 is 0 Å². The number of pyridine rings is 1. The van der Waals surface area contributed by atoms with Gasteiger partial charge in [-0.1, -0.05) is 42.5 Å². The predicted octanol–water partition coefficient (Wildman–Crippen LogP) is 3.74. The summed E-state index contributed by atoms with van der Waals surface area (Å²) in [6.45, 7) is 2.00. The third-order valence-corrected chi connectivity index (χ3v) is 4.71. The van der Waals surface area contributed by atoms with Crippen LogP contribution in [0.1, 0.15) is 16.8 Å². The number of nitrogens with zero attached hydrogens (tertiary/aromatic N) is 2. The molecule has 1 heterocycles. The number of rotatable bonds is 4. The fourth-order valence-corrected chi connectivity index (χ4v) is 2.84. The molecule has 0 spiro atoms. The Kier molecular flexibility index (Phi) is 9.21. The fraction of sp³-hybridized carbons (Fsp3) is 0.136. The molecule has 0 aliphatic rings. The number of anilines is 1. The lowest BCUT2D eigenvalue weighted by Crippen LogP contribution is -2.07. The summed E-state index contributed by atoms with van der Waals surface area (Å²) in [4.78, 5) is 6.21. The molecule has 7 heteroatoms. The zero-order valence-corrected chi connectivity index (χ0v) is 17.5. The SMILES string of the molecule is Cc1cc(C=Cc2ccc(N(C)C)cc2)ccn1.O.O=S(=O)(O)c1ccccc1. The van der Waals surface area contributed by atoms with E-state index < -0.39 is 10.1 Å². The number of aromatic nitrogens is 1. The van der Waals surface area contributed by atoms with Gasteiger partial charge in [0.1, 0.15) is 0 Å². The van der Waals surface area contributed by atoms with Gasteiger partial charge in [0.25, 0.3) is 10.1 Å². The first-order chi connectivity index (χ1) is 13.3. The summed E-state index contributed by atoms with van der Waals surface area (Å²) >= 11 is 0.